The van der Waals surface area contributed by atoms with E-state index in [2.05, 4.69) is 0 Å². The van der Waals surface area contributed by atoms with Crippen molar-refractivity contribution in [2.75, 3.05) is 12.4 Å². The van der Waals surface area contributed by atoms with Gasteiger partial charge in [-0.2, -0.15) is 8.42 Å². The molecule has 6 heteroatoms. The van der Waals surface area contributed by atoms with E-state index in [9.17, 15) is 8.42 Å². The van der Waals surface area contributed by atoms with Gasteiger partial charge in [0.2, 0.25) is 0 Å². The molecule has 128 valence electrons. The molecule has 0 radical (unpaired) electrons. The largest absolute Gasteiger partial charge is 0.457 e. The second kappa shape index (κ2) is 7.68. The van der Waals surface area contributed by atoms with Crippen molar-refractivity contribution in [2.45, 2.75) is 25.4 Å². The summed E-state index contributed by atoms with van der Waals surface area (Å²) in [7, 11) is -3.67. The van der Waals surface area contributed by atoms with E-state index in [0.29, 0.717) is 18.1 Å². The minimum absolute atomic E-state index is 0.116. The monoisotopic (exact) mass is 348 g/mol. The first-order valence-electron chi connectivity index (χ1n) is 7.97. The van der Waals surface area contributed by atoms with Crippen LogP contribution in [0.4, 0.5) is 0 Å². The van der Waals surface area contributed by atoms with Gasteiger partial charge >= 0.3 is 10.1 Å². The Kier molecular flexibility index (Phi) is 5.37. The summed E-state index contributed by atoms with van der Waals surface area (Å²) in [6.45, 7) is 0.617. The van der Waals surface area contributed by atoms with Crippen LogP contribution in [0.5, 0.6) is 17.2 Å². The molecule has 0 spiro atoms. The fourth-order valence-electron chi connectivity index (χ4n) is 2.54. The van der Waals surface area contributed by atoms with Crippen molar-refractivity contribution in [3.63, 3.8) is 0 Å². The summed E-state index contributed by atoms with van der Waals surface area (Å²) in [5.74, 6) is 1.48. The number of rotatable bonds is 6. The predicted molar refractivity (Wildman–Crippen MR) is 91.0 cm³/mol. The van der Waals surface area contributed by atoms with Gasteiger partial charge in [0.1, 0.15) is 23.0 Å². The Bertz CT molecular complexity index is 735. The molecule has 0 aromatic heterocycles. The van der Waals surface area contributed by atoms with Crippen LogP contribution in [0.2, 0.25) is 0 Å². The van der Waals surface area contributed by atoms with E-state index in [4.69, 9.17) is 13.7 Å². The quantitative estimate of drug-likeness (QED) is 0.744. The fourth-order valence-corrected chi connectivity index (χ4v) is 3.73. The summed E-state index contributed by atoms with van der Waals surface area (Å²) in [4.78, 5) is 0. The highest BCUT2D eigenvalue weighted by Crippen LogP contribution is 2.24. The zero-order valence-electron chi connectivity index (χ0n) is 13.3. The van der Waals surface area contributed by atoms with Crippen LogP contribution in [0.3, 0.4) is 0 Å². The van der Waals surface area contributed by atoms with E-state index < -0.39 is 10.1 Å². The first-order chi connectivity index (χ1) is 11.6. The molecule has 2 aromatic rings. The molecule has 2 aromatic carbocycles. The molecule has 1 heterocycles. The Balaban J connectivity index is 1.58. The van der Waals surface area contributed by atoms with Crippen LogP contribution >= 0.6 is 0 Å². The Morgan fingerprint density at radius 3 is 2.25 bits per heavy atom. The highest BCUT2D eigenvalue weighted by atomic mass is 32.2. The van der Waals surface area contributed by atoms with Crippen molar-refractivity contribution in [3.05, 3.63) is 54.6 Å². The van der Waals surface area contributed by atoms with E-state index in [0.717, 1.165) is 19.3 Å². The van der Waals surface area contributed by atoms with E-state index in [-0.39, 0.29) is 17.6 Å². The van der Waals surface area contributed by atoms with Crippen molar-refractivity contribution in [3.8, 4) is 17.2 Å². The average molecular weight is 348 g/mol. The summed E-state index contributed by atoms with van der Waals surface area (Å²) in [5.41, 5.74) is 0. The molecule has 5 nitrogen and oxygen atoms in total. The maximum Gasteiger partial charge on any atom is 0.311 e. The number of para-hydroxylation sites is 1. The third-order valence-corrected chi connectivity index (χ3v) is 4.92. The smallest absolute Gasteiger partial charge is 0.311 e. The van der Waals surface area contributed by atoms with Gasteiger partial charge < -0.3 is 13.7 Å². The highest BCUT2D eigenvalue weighted by molar-refractivity contribution is 7.87. The van der Waals surface area contributed by atoms with Crippen molar-refractivity contribution < 1.29 is 22.1 Å². The Morgan fingerprint density at radius 1 is 0.917 bits per heavy atom. The number of hydrogen-bond donors (Lipinski definition) is 0. The molecule has 0 amide bonds. The summed E-state index contributed by atoms with van der Waals surface area (Å²) in [6, 6.07) is 15.9. The topological polar surface area (TPSA) is 61.8 Å². The molecule has 24 heavy (non-hydrogen) atoms. The second-order valence-corrected chi connectivity index (χ2v) is 7.30. The third-order valence-electron chi connectivity index (χ3n) is 3.69. The first-order valence-corrected chi connectivity index (χ1v) is 9.55. The molecule has 1 saturated heterocycles. The van der Waals surface area contributed by atoms with E-state index in [1.54, 1.807) is 24.3 Å². The zero-order chi connectivity index (χ0) is 16.8. The number of ether oxygens (including phenoxy) is 2. The number of benzene rings is 2. The lowest BCUT2D eigenvalue weighted by Gasteiger charge is -2.22. The third kappa shape index (κ3) is 4.97. The van der Waals surface area contributed by atoms with Crippen molar-refractivity contribution in [2.24, 2.45) is 0 Å². The molecular formula is C18H20O5S. The van der Waals surface area contributed by atoms with Gasteiger partial charge in [0, 0.05) is 6.61 Å². The standard InChI is InChI=1S/C18H20O5S/c19-24(20,14-18-8-4-5-13-21-18)23-17-11-9-16(10-12-17)22-15-6-2-1-3-7-15/h1-3,6-7,9-12,18H,4-5,8,13-14H2/t18-/m1/s1. The molecule has 3 rings (SSSR count). The lowest BCUT2D eigenvalue weighted by molar-refractivity contribution is 0.0298. The Hall–Kier alpha value is -2.05. The highest BCUT2D eigenvalue weighted by Gasteiger charge is 2.23. The SMILES string of the molecule is O=S(=O)(C[C@H]1CCCCO1)Oc1ccc(Oc2ccccc2)cc1. The van der Waals surface area contributed by atoms with Crippen LogP contribution in [0.15, 0.2) is 54.6 Å². The normalized spacial score (nSPS) is 18.1. The minimum Gasteiger partial charge on any atom is -0.457 e. The summed E-state index contributed by atoms with van der Waals surface area (Å²) in [6.07, 6.45) is 2.46. The van der Waals surface area contributed by atoms with E-state index >= 15 is 0 Å². The van der Waals surface area contributed by atoms with E-state index in [1.807, 2.05) is 30.3 Å². The minimum atomic E-state index is -3.67. The molecular weight excluding hydrogens is 328 g/mol. The lowest BCUT2D eigenvalue weighted by atomic mass is 10.1. The Morgan fingerprint density at radius 2 is 1.58 bits per heavy atom. The van der Waals surface area contributed by atoms with Gasteiger partial charge in [0.25, 0.3) is 0 Å². The molecule has 0 bridgehead atoms. The lowest BCUT2D eigenvalue weighted by Crippen LogP contribution is -2.29. The summed E-state index contributed by atoms with van der Waals surface area (Å²) >= 11 is 0. The van der Waals surface area contributed by atoms with E-state index in [1.165, 1.54) is 0 Å². The van der Waals surface area contributed by atoms with Gasteiger partial charge in [0.05, 0.1) is 6.10 Å². The van der Waals surface area contributed by atoms with Crippen LogP contribution in [-0.4, -0.2) is 26.9 Å². The molecule has 0 N–H and O–H groups in total. The molecule has 0 aliphatic carbocycles. The maximum atomic E-state index is 12.1. The molecule has 1 aliphatic heterocycles. The molecule has 1 fully saturated rings. The van der Waals surface area contributed by atoms with Crippen molar-refractivity contribution >= 4 is 10.1 Å². The molecule has 1 atom stereocenters. The molecule has 1 aliphatic rings. The van der Waals surface area contributed by atoms with Gasteiger partial charge in [-0.15, -0.1) is 0 Å². The van der Waals surface area contributed by atoms with Gasteiger partial charge in [-0.05, 0) is 55.7 Å². The van der Waals surface area contributed by atoms with Gasteiger partial charge in [-0.25, -0.2) is 0 Å². The maximum absolute atomic E-state index is 12.1. The summed E-state index contributed by atoms with van der Waals surface area (Å²) in [5, 5.41) is 0. The first kappa shape index (κ1) is 16.8. The molecule has 0 unspecified atom stereocenters. The van der Waals surface area contributed by atoms with Crippen molar-refractivity contribution in [1.29, 1.82) is 0 Å². The number of hydrogen-bond acceptors (Lipinski definition) is 5. The van der Waals surface area contributed by atoms with Crippen LogP contribution in [0.1, 0.15) is 19.3 Å². The fraction of sp³-hybridized carbons (Fsp3) is 0.333. The Labute approximate surface area is 142 Å². The average Bonchev–Trinajstić information content (AvgIpc) is 2.58. The summed E-state index contributed by atoms with van der Waals surface area (Å²) < 4.78 is 40.5. The second-order valence-electron chi connectivity index (χ2n) is 5.68. The van der Waals surface area contributed by atoms with Gasteiger partial charge in [-0.1, -0.05) is 18.2 Å². The van der Waals surface area contributed by atoms with Crippen LogP contribution < -0.4 is 8.92 Å². The van der Waals surface area contributed by atoms with Gasteiger partial charge in [-0.3, -0.25) is 0 Å². The van der Waals surface area contributed by atoms with Crippen molar-refractivity contribution in [1.82, 2.24) is 0 Å². The zero-order valence-corrected chi connectivity index (χ0v) is 14.1. The van der Waals surface area contributed by atoms with Gasteiger partial charge in [0.15, 0.2) is 0 Å². The van der Waals surface area contributed by atoms with Crippen LogP contribution in [-0.2, 0) is 14.9 Å². The van der Waals surface area contributed by atoms with Crippen LogP contribution in [0.25, 0.3) is 0 Å². The van der Waals surface area contributed by atoms with Crippen LogP contribution in [0, 0.1) is 0 Å². The molecule has 0 saturated carbocycles. The predicted octanol–water partition coefficient (Wildman–Crippen LogP) is 3.76.